The number of rotatable bonds is 9. The van der Waals surface area contributed by atoms with Crippen LogP contribution in [-0.2, 0) is 21.9 Å². The Morgan fingerprint density at radius 3 is 2.48 bits per heavy atom. The molecule has 1 atom stereocenters. The van der Waals surface area contributed by atoms with Crippen LogP contribution in [0.5, 0.6) is 0 Å². The summed E-state index contributed by atoms with van der Waals surface area (Å²) in [5.41, 5.74) is 2.11. The van der Waals surface area contributed by atoms with Crippen LogP contribution < -0.4 is 5.32 Å². The average Bonchev–Trinajstić information content (AvgIpc) is 2.78. The molecular weight excluding hydrogens is 428 g/mol. The lowest BCUT2D eigenvalue weighted by molar-refractivity contribution is -0.139. The van der Waals surface area contributed by atoms with Crippen molar-refractivity contribution < 1.29 is 9.59 Å². The number of carbonyl (C=O) groups excluding carboxylic acids is 2. The fourth-order valence-electron chi connectivity index (χ4n) is 3.90. The van der Waals surface area contributed by atoms with Crippen LogP contribution in [0, 0.1) is 0 Å². The minimum atomic E-state index is -0.513. The van der Waals surface area contributed by atoms with E-state index in [1.807, 2.05) is 61.5 Å². The van der Waals surface area contributed by atoms with Crippen molar-refractivity contribution in [1.29, 1.82) is 0 Å². The number of thioether (sulfide) groups is 1. The smallest absolute Gasteiger partial charge is 0.242 e. The minimum Gasteiger partial charge on any atom is -0.352 e. The zero-order chi connectivity index (χ0) is 22.1. The Balaban J connectivity index is 1.62. The Morgan fingerprint density at radius 2 is 1.77 bits per heavy atom. The van der Waals surface area contributed by atoms with E-state index in [1.165, 1.54) is 6.42 Å². The quantitative estimate of drug-likeness (QED) is 0.544. The van der Waals surface area contributed by atoms with Gasteiger partial charge in [0.2, 0.25) is 11.8 Å². The molecule has 2 aromatic rings. The molecule has 1 saturated carbocycles. The van der Waals surface area contributed by atoms with Crippen LogP contribution in [-0.4, -0.2) is 34.6 Å². The van der Waals surface area contributed by atoms with E-state index in [0.717, 1.165) is 36.8 Å². The summed E-state index contributed by atoms with van der Waals surface area (Å²) in [6.45, 7) is 2.26. The second-order valence-electron chi connectivity index (χ2n) is 8.15. The van der Waals surface area contributed by atoms with Gasteiger partial charge >= 0.3 is 0 Å². The van der Waals surface area contributed by atoms with Gasteiger partial charge < -0.3 is 10.2 Å². The lowest BCUT2D eigenvalue weighted by atomic mass is 9.95. The van der Waals surface area contributed by atoms with E-state index in [4.69, 9.17) is 11.6 Å². The first-order valence-corrected chi connectivity index (χ1v) is 12.5. The van der Waals surface area contributed by atoms with Crippen molar-refractivity contribution >= 4 is 35.2 Å². The lowest BCUT2D eigenvalue weighted by Gasteiger charge is -2.31. The number of nitrogens with zero attached hydrogens (tertiary/aromatic N) is 1. The van der Waals surface area contributed by atoms with Crippen molar-refractivity contribution in [2.24, 2.45) is 0 Å². The third-order valence-electron chi connectivity index (χ3n) is 5.70. The predicted octanol–water partition coefficient (Wildman–Crippen LogP) is 5.44. The van der Waals surface area contributed by atoms with Crippen LogP contribution in [0.1, 0.15) is 50.2 Å². The van der Waals surface area contributed by atoms with Crippen molar-refractivity contribution in [3.63, 3.8) is 0 Å². The normalized spacial score (nSPS) is 15.3. The molecule has 0 saturated heterocycles. The zero-order valence-corrected chi connectivity index (χ0v) is 19.6. The maximum absolute atomic E-state index is 13.1. The Labute approximate surface area is 194 Å². The van der Waals surface area contributed by atoms with Crippen LogP contribution in [0.2, 0.25) is 5.02 Å². The van der Waals surface area contributed by atoms with E-state index in [9.17, 15) is 9.59 Å². The third kappa shape index (κ3) is 7.58. The highest BCUT2D eigenvalue weighted by Crippen LogP contribution is 2.20. The summed E-state index contributed by atoms with van der Waals surface area (Å²) in [5.74, 6) is 0.937. The monoisotopic (exact) mass is 458 g/mol. The van der Waals surface area contributed by atoms with E-state index in [-0.39, 0.29) is 17.9 Å². The lowest BCUT2D eigenvalue weighted by Crippen LogP contribution is -2.50. The molecule has 1 aliphatic carbocycles. The molecule has 1 unspecified atom stereocenters. The van der Waals surface area contributed by atoms with Crippen molar-refractivity contribution in [2.45, 2.75) is 63.4 Å². The van der Waals surface area contributed by atoms with Crippen LogP contribution in [0.15, 0.2) is 54.6 Å². The molecule has 1 N–H and O–H groups in total. The van der Waals surface area contributed by atoms with E-state index < -0.39 is 6.04 Å². The zero-order valence-electron chi connectivity index (χ0n) is 18.1. The topological polar surface area (TPSA) is 49.4 Å². The number of amides is 2. The summed E-state index contributed by atoms with van der Waals surface area (Å²) in [6, 6.07) is 17.3. The molecular formula is C25H31ClN2O2S. The first-order valence-electron chi connectivity index (χ1n) is 11.0. The summed E-state index contributed by atoms with van der Waals surface area (Å²) in [6.07, 6.45) is 5.61. The first-order chi connectivity index (χ1) is 15.0. The van der Waals surface area contributed by atoms with E-state index in [2.05, 4.69) is 5.32 Å². The molecule has 1 fully saturated rings. The van der Waals surface area contributed by atoms with E-state index >= 15 is 0 Å². The van der Waals surface area contributed by atoms with Crippen LogP contribution in [0.25, 0.3) is 0 Å². The molecule has 0 heterocycles. The third-order valence-corrected chi connectivity index (χ3v) is 6.92. The fraction of sp³-hybridized carbons (Fsp3) is 0.440. The second-order valence-corrected chi connectivity index (χ2v) is 9.57. The van der Waals surface area contributed by atoms with Crippen LogP contribution in [0.4, 0.5) is 0 Å². The molecule has 1 aliphatic rings. The number of carbonyl (C=O) groups is 2. The minimum absolute atomic E-state index is 0.0258. The van der Waals surface area contributed by atoms with Gasteiger partial charge in [-0.25, -0.2) is 0 Å². The van der Waals surface area contributed by atoms with Gasteiger partial charge in [0, 0.05) is 23.4 Å². The molecule has 3 rings (SSSR count). The summed E-state index contributed by atoms with van der Waals surface area (Å²) >= 11 is 7.60. The highest BCUT2D eigenvalue weighted by Gasteiger charge is 2.27. The molecule has 0 bridgehead atoms. The maximum Gasteiger partial charge on any atom is 0.242 e. The van der Waals surface area contributed by atoms with Crippen molar-refractivity contribution in [2.75, 3.05) is 5.75 Å². The van der Waals surface area contributed by atoms with Crippen molar-refractivity contribution in [1.82, 2.24) is 10.2 Å². The summed E-state index contributed by atoms with van der Waals surface area (Å²) in [4.78, 5) is 27.8. The van der Waals surface area contributed by atoms with Crippen molar-refractivity contribution in [3.8, 4) is 0 Å². The van der Waals surface area contributed by atoms with Crippen LogP contribution in [0.3, 0.4) is 0 Å². The summed E-state index contributed by atoms with van der Waals surface area (Å²) in [7, 11) is 0. The van der Waals surface area contributed by atoms with Gasteiger partial charge in [0.05, 0.1) is 5.75 Å². The SMILES string of the molecule is CC(C(=O)NC1CCCCC1)N(Cc1ccccc1)C(=O)CSCc1cccc(Cl)c1. The van der Waals surface area contributed by atoms with Crippen molar-refractivity contribution in [3.05, 3.63) is 70.7 Å². The second kappa shape index (κ2) is 12.2. The average molecular weight is 459 g/mol. The molecule has 166 valence electrons. The largest absolute Gasteiger partial charge is 0.352 e. The molecule has 2 aromatic carbocycles. The summed E-state index contributed by atoms with van der Waals surface area (Å²) < 4.78 is 0. The van der Waals surface area contributed by atoms with Gasteiger partial charge in [-0.3, -0.25) is 9.59 Å². The van der Waals surface area contributed by atoms with Gasteiger partial charge in [-0.2, -0.15) is 0 Å². The standard InChI is InChI=1S/C25H31ClN2O2S/c1-19(25(30)27-23-13-6-3-7-14-23)28(16-20-9-4-2-5-10-20)24(29)18-31-17-21-11-8-12-22(26)15-21/h2,4-5,8-12,15,19,23H,3,6-7,13-14,16-18H2,1H3,(H,27,30). The number of hydrogen-bond acceptors (Lipinski definition) is 3. The summed E-state index contributed by atoms with van der Waals surface area (Å²) in [5, 5.41) is 3.87. The van der Waals surface area contributed by atoms with E-state index in [1.54, 1.807) is 16.7 Å². The van der Waals surface area contributed by atoms with Gasteiger partial charge in [0.25, 0.3) is 0 Å². The molecule has 0 aromatic heterocycles. The van der Waals surface area contributed by atoms with Crippen LogP contribution >= 0.6 is 23.4 Å². The van der Waals surface area contributed by atoms with Gasteiger partial charge in [0.15, 0.2) is 0 Å². The highest BCUT2D eigenvalue weighted by molar-refractivity contribution is 7.99. The first kappa shape index (κ1) is 23.7. The number of halogens is 1. The van der Waals surface area contributed by atoms with E-state index in [0.29, 0.717) is 23.1 Å². The predicted molar refractivity (Wildman–Crippen MR) is 129 cm³/mol. The molecule has 2 amide bonds. The highest BCUT2D eigenvalue weighted by atomic mass is 35.5. The molecule has 6 heteroatoms. The molecule has 0 spiro atoms. The number of hydrogen-bond donors (Lipinski definition) is 1. The van der Waals surface area contributed by atoms with Gasteiger partial charge in [-0.15, -0.1) is 11.8 Å². The maximum atomic E-state index is 13.1. The Bertz CT molecular complexity index is 856. The number of nitrogens with one attached hydrogen (secondary N) is 1. The molecule has 0 aliphatic heterocycles. The molecule has 31 heavy (non-hydrogen) atoms. The Kier molecular flexibility index (Phi) is 9.29. The Morgan fingerprint density at radius 1 is 1.06 bits per heavy atom. The van der Waals surface area contributed by atoms with Gasteiger partial charge in [-0.1, -0.05) is 73.3 Å². The van der Waals surface area contributed by atoms with Gasteiger partial charge in [0.1, 0.15) is 6.04 Å². The van der Waals surface area contributed by atoms with Gasteiger partial charge in [-0.05, 0) is 43.0 Å². The Hall–Kier alpha value is -1.98. The molecule has 4 nitrogen and oxygen atoms in total. The fourth-order valence-corrected chi connectivity index (χ4v) is 4.97. The number of benzene rings is 2. The molecule has 0 radical (unpaired) electrons.